The first-order chi connectivity index (χ1) is 34.3. The lowest BCUT2D eigenvalue weighted by Crippen LogP contribution is -2.49. The molecule has 10 rings (SSSR count). The minimum atomic E-state index is -1.07. The molecule has 15 nitrogen and oxygen atoms in total. The average Bonchev–Trinajstić information content (AvgIpc) is 3.94. The molecule has 18 heteroatoms. The molecular formula is C53H59ClF2N8O7. The number of amides is 5. The summed E-state index contributed by atoms with van der Waals surface area (Å²) >= 11 is 6.70. The number of fused-ring (bicyclic) bond motifs is 2. The Kier molecular flexibility index (Phi) is 13.7. The number of piperazine rings is 1. The quantitative estimate of drug-likeness (QED) is 0.104. The van der Waals surface area contributed by atoms with Crippen molar-refractivity contribution in [3.63, 3.8) is 0 Å². The molecule has 71 heavy (non-hydrogen) atoms. The molecule has 5 aromatic rings. The first kappa shape index (κ1) is 48.3. The minimum Gasteiger partial charge on any atom is -0.494 e. The van der Waals surface area contributed by atoms with E-state index in [2.05, 4.69) is 25.3 Å². The largest absolute Gasteiger partial charge is 0.494 e. The Morgan fingerprint density at radius 1 is 0.930 bits per heavy atom. The summed E-state index contributed by atoms with van der Waals surface area (Å²) in [7, 11) is 1.30. The number of halogens is 3. The van der Waals surface area contributed by atoms with Gasteiger partial charge in [0.1, 0.15) is 17.1 Å². The lowest BCUT2D eigenvalue weighted by atomic mass is 9.77. The second-order valence-corrected chi connectivity index (χ2v) is 20.0. The van der Waals surface area contributed by atoms with E-state index >= 15 is 8.78 Å². The van der Waals surface area contributed by atoms with Crippen LogP contribution in [0, 0.1) is 23.5 Å². The van der Waals surface area contributed by atoms with Gasteiger partial charge in [0.05, 0.1) is 17.7 Å². The van der Waals surface area contributed by atoms with Crippen LogP contribution in [0.4, 0.5) is 25.3 Å². The van der Waals surface area contributed by atoms with Crippen molar-refractivity contribution in [2.75, 3.05) is 75.8 Å². The zero-order chi connectivity index (χ0) is 49.6. The van der Waals surface area contributed by atoms with E-state index in [0.717, 1.165) is 102 Å². The lowest BCUT2D eigenvalue weighted by molar-refractivity contribution is -0.138. The second kappa shape index (κ2) is 20.1. The molecule has 0 unspecified atom stereocenters. The van der Waals surface area contributed by atoms with Crippen LogP contribution in [0.1, 0.15) is 85.7 Å². The first-order valence-electron chi connectivity index (χ1n) is 24.8. The van der Waals surface area contributed by atoms with E-state index in [0.29, 0.717) is 41.9 Å². The van der Waals surface area contributed by atoms with Crippen molar-refractivity contribution in [3.05, 3.63) is 100 Å². The Morgan fingerprint density at radius 3 is 2.38 bits per heavy atom. The van der Waals surface area contributed by atoms with Crippen molar-refractivity contribution in [2.45, 2.75) is 75.9 Å². The van der Waals surface area contributed by atoms with Crippen LogP contribution in [0.15, 0.2) is 71.1 Å². The summed E-state index contributed by atoms with van der Waals surface area (Å²) in [5.41, 5.74) is 7.53. The van der Waals surface area contributed by atoms with E-state index in [4.69, 9.17) is 36.2 Å². The predicted molar refractivity (Wildman–Crippen MR) is 265 cm³/mol. The third kappa shape index (κ3) is 9.39. The number of likely N-dealkylation sites (tertiary alicyclic amines) is 1. The molecule has 3 saturated heterocycles. The van der Waals surface area contributed by atoms with Crippen LogP contribution in [0.25, 0.3) is 22.2 Å². The van der Waals surface area contributed by atoms with Gasteiger partial charge in [-0.3, -0.25) is 29.5 Å². The van der Waals surface area contributed by atoms with Gasteiger partial charge in [-0.25, -0.2) is 13.6 Å². The highest BCUT2D eigenvalue weighted by Gasteiger charge is 2.50. The molecule has 1 aromatic heterocycles. The number of urea groups is 1. The van der Waals surface area contributed by atoms with Crippen LogP contribution >= 0.6 is 11.6 Å². The van der Waals surface area contributed by atoms with Gasteiger partial charge in [-0.2, -0.15) is 4.98 Å². The molecule has 5 heterocycles. The fraction of sp³-hybridized carbons (Fsp3) is 0.453. The number of nitrogens with zero attached hydrogens (tertiary/aromatic N) is 5. The van der Waals surface area contributed by atoms with Crippen molar-refractivity contribution in [2.24, 2.45) is 17.6 Å². The highest BCUT2D eigenvalue weighted by Crippen LogP contribution is 2.56. The summed E-state index contributed by atoms with van der Waals surface area (Å²) in [6.07, 6.45) is 6.45. The molecular weight excluding hydrogens is 934 g/mol. The van der Waals surface area contributed by atoms with E-state index in [1.807, 2.05) is 49.4 Å². The highest BCUT2D eigenvalue weighted by molar-refractivity contribution is 6.34. The zero-order valence-corrected chi connectivity index (χ0v) is 40.7. The van der Waals surface area contributed by atoms with Crippen LogP contribution < -0.4 is 35.6 Å². The summed E-state index contributed by atoms with van der Waals surface area (Å²) in [4.78, 5) is 63.6. The van der Waals surface area contributed by atoms with Crippen LogP contribution in [0.5, 0.6) is 11.5 Å². The molecule has 374 valence electrons. The Bertz CT molecular complexity index is 2840. The molecule has 0 bridgehead atoms. The number of nitrogens with one attached hydrogen (secondary N) is 2. The molecule has 4 aromatic carbocycles. The van der Waals surface area contributed by atoms with Gasteiger partial charge in [-0.1, -0.05) is 48.9 Å². The normalized spacial score (nSPS) is 23.2. The topological polar surface area (TPSA) is 176 Å². The number of nitrogens with two attached hydrogens (primary N) is 1. The van der Waals surface area contributed by atoms with Crippen LogP contribution in [-0.4, -0.2) is 111 Å². The average molecular weight is 994 g/mol. The maximum atomic E-state index is 16.2. The summed E-state index contributed by atoms with van der Waals surface area (Å²) < 4.78 is 50.2. The number of piperidine rings is 1. The van der Waals surface area contributed by atoms with Gasteiger partial charge < -0.3 is 34.7 Å². The number of ether oxygens (including phenoxy) is 2. The predicted octanol–water partition coefficient (Wildman–Crippen LogP) is 7.97. The summed E-state index contributed by atoms with van der Waals surface area (Å²) in [5, 5.41) is 5.76. The number of imide groups is 1. The number of benzene rings is 4. The number of carbonyl (C=O) groups is 4. The molecule has 1 saturated carbocycles. The molecule has 0 radical (unpaired) electrons. The van der Waals surface area contributed by atoms with Crippen LogP contribution in [0.2, 0.25) is 5.02 Å². The lowest BCUT2D eigenvalue weighted by Gasteiger charge is -2.39. The molecule has 4 N–H and O–H groups in total. The van der Waals surface area contributed by atoms with Gasteiger partial charge in [0, 0.05) is 111 Å². The van der Waals surface area contributed by atoms with Gasteiger partial charge >= 0.3 is 6.03 Å². The Morgan fingerprint density at radius 2 is 1.68 bits per heavy atom. The van der Waals surface area contributed by atoms with Gasteiger partial charge in [0.15, 0.2) is 22.8 Å². The maximum Gasteiger partial charge on any atom is 0.328 e. The Balaban J connectivity index is 0.707. The number of oxazole rings is 1. The van der Waals surface area contributed by atoms with E-state index in [-0.39, 0.29) is 63.4 Å². The molecule has 5 amide bonds. The van der Waals surface area contributed by atoms with Crippen LogP contribution in [-0.2, 0) is 15.2 Å². The molecule has 0 spiro atoms. The first-order valence-corrected chi connectivity index (χ1v) is 25.1. The molecule has 1 aliphatic carbocycles. The van der Waals surface area contributed by atoms with E-state index < -0.39 is 35.1 Å². The van der Waals surface area contributed by atoms with Gasteiger partial charge in [0.2, 0.25) is 17.7 Å². The Labute approximate surface area is 415 Å². The van der Waals surface area contributed by atoms with Crippen molar-refractivity contribution in [3.8, 4) is 22.6 Å². The SMILES string of the molecule is COc1ccc(C(N)=O)c(-c2c(Cl)c(F)cc3c2[C@H](C)[C@@](CNC2CCC(C(=O)N4CCC(CCN5CCN(c6nc7ccc(N8CCC(=O)NC8=O)cc7o6)CC5)CC4)CC2)(c2ccccc2)O3)c1F. The van der Waals surface area contributed by atoms with Gasteiger partial charge in [0.25, 0.3) is 6.01 Å². The number of carbonyl (C=O) groups excluding carboxylic acids is 4. The van der Waals surface area contributed by atoms with Crippen molar-refractivity contribution < 1.29 is 41.8 Å². The number of primary amides is 1. The van der Waals surface area contributed by atoms with Crippen molar-refractivity contribution in [1.29, 1.82) is 0 Å². The number of aromatic nitrogens is 1. The number of hydrogen-bond acceptors (Lipinski definition) is 11. The van der Waals surface area contributed by atoms with Crippen molar-refractivity contribution >= 4 is 58.2 Å². The third-order valence-electron chi connectivity index (χ3n) is 15.6. The summed E-state index contributed by atoms with van der Waals surface area (Å²) in [6, 6.07) is 19.2. The van der Waals surface area contributed by atoms with E-state index in [9.17, 15) is 19.2 Å². The number of rotatable bonds is 13. The molecule has 2 atom stereocenters. The van der Waals surface area contributed by atoms with E-state index in [1.165, 1.54) is 30.2 Å². The molecule has 4 aliphatic heterocycles. The van der Waals surface area contributed by atoms with Gasteiger partial charge in [-0.15, -0.1) is 0 Å². The summed E-state index contributed by atoms with van der Waals surface area (Å²) in [5.74, 6) is -2.57. The minimum absolute atomic E-state index is 0.00103. The second-order valence-electron chi connectivity index (χ2n) is 19.6. The molecule has 4 fully saturated rings. The smallest absolute Gasteiger partial charge is 0.328 e. The Hall–Kier alpha value is -6.30. The zero-order valence-electron chi connectivity index (χ0n) is 40.0. The van der Waals surface area contributed by atoms with E-state index in [1.54, 1.807) is 6.07 Å². The van der Waals surface area contributed by atoms with Crippen molar-refractivity contribution in [1.82, 2.24) is 25.4 Å². The number of hydrogen-bond donors (Lipinski definition) is 3. The third-order valence-corrected chi connectivity index (χ3v) is 16.0. The summed E-state index contributed by atoms with van der Waals surface area (Å²) in [6.45, 7) is 8.52. The maximum absolute atomic E-state index is 16.2. The fourth-order valence-corrected chi connectivity index (χ4v) is 11.7. The highest BCUT2D eigenvalue weighted by atomic mass is 35.5. The monoisotopic (exact) mass is 992 g/mol. The van der Waals surface area contributed by atoms with Crippen LogP contribution in [0.3, 0.4) is 0 Å². The van der Waals surface area contributed by atoms with Gasteiger partial charge in [-0.05, 0) is 87.2 Å². The molecule has 5 aliphatic rings. The number of methoxy groups -OCH3 is 1. The fourth-order valence-electron chi connectivity index (χ4n) is 11.5. The standard InChI is InChI=1S/C53H59ClF2N8O7/c1-31-44-42(29-38(55)47(54)46(44)45-37(49(57)66)13-15-40(69-2)48(45)56)71-53(31,34-6-4-3-5-7-34)30-58-35-10-8-33(9-11-35)50(67)62-21-17-32(18-22-62)16-20-61-24-26-63(27-25-61)52-59-39-14-12-36(28-41(39)70-52)64-23-19-43(65)60-51(64)68/h3-7,12-15,28-29,31-33,35,58H,8-11,16-27,30H2,1-2H3,(H2,57,66)(H,60,65,68)/t31-,33?,35?,53-/m0/s1. The number of anilines is 2.